The zero-order valence-corrected chi connectivity index (χ0v) is 23.0. The van der Waals surface area contributed by atoms with Crippen molar-refractivity contribution in [2.75, 3.05) is 38.8 Å². The number of halogens is 2. The van der Waals surface area contributed by atoms with Crippen molar-refractivity contribution in [2.24, 2.45) is 0 Å². The van der Waals surface area contributed by atoms with Gasteiger partial charge in [-0.3, -0.25) is 9.69 Å². The molecule has 0 atom stereocenters. The van der Waals surface area contributed by atoms with E-state index in [-0.39, 0.29) is 18.3 Å². The molecule has 10 heteroatoms. The molecule has 2 aromatic carbocycles. The summed E-state index contributed by atoms with van der Waals surface area (Å²) in [5.74, 6) is 0.438. The summed E-state index contributed by atoms with van der Waals surface area (Å²) in [5, 5.41) is 2.73. The summed E-state index contributed by atoms with van der Waals surface area (Å²) in [5.41, 5.74) is 2.13. The zero-order valence-electron chi connectivity index (χ0n) is 21.5. The molecule has 0 bridgehead atoms. The Hall–Kier alpha value is -2.78. The molecule has 37 heavy (non-hydrogen) atoms. The molecule has 4 rings (SSSR count). The Morgan fingerprint density at radius 3 is 2.24 bits per heavy atom. The van der Waals surface area contributed by atoms with E-state index in [9.17, 15) is 9.59 Å². The summed E-state index contributed by atoms with van der Waals surface area (Å²) in [6.45, 7) is 6.60. The number of rotatable bonds is 6. The van der Waals surface area contributed by atoms with Gasteiger partial charge in [0.2, 0.25) is 0 Å². The first kappa shape index (κ1) is 27.3. The Kier molecular flexibility index (Phi) is 8.04. The Labute approximate surface area is 226 Å². The number of aryl methyl sites for hydroxylation is 2. The van der Waals surface area contributed by atoms with Crippen LogP contribution in [0, 0.1) is 13.8 Å². The number of anilines is 1. The Morgan fingerprint density at radius 1 is 1.05 bits per heavy atom. The van der Waals surface area contributed by atoms with E-state index < -0.39 is 11.7 Å². The van der Waals surface area contributed by atoms with Crippen LogP contribution in [0.5, 0.6) is 5.75 Å². The van der Waals surface area contributed by atoms with Crippen LogP contribution in [-0.2, 0) is 19.1 Å². The largest absolute Gasteiger partial charge is 0.513 e. The number of hydrogen-bond acceptors (Lipinski definition) is 7. The van der Waals surface area contributed by atoms with Crippen molar-refractivity contribution in [3.63, 3.8) is 0 Å². The normalized spacial score (nSPS) is 17.5. The molecule has 2 aromatic rings. The Balaban J connectivity index is 1.98. The number of carbonyl (C=O) groups excluding carboxylic acids is 2. The summed E-state index contributed by atoms with van der Waals surface area (Å²) in [7, 11) is 3.14. The topological polar surface area (TPSA) is 77.5 Å². The molecule has 2 heterocycles. The van der Waals surface area contributed by atoms with Crippen molar-refractivity contribution >= 4 is 46.5 Å². The summed E-state index contributed by atoms with van der Waals surface area (Å²) >= 11 is 12.8. The molecule has 0 saturated carbocycles. The molecule has 1 fully saturated rings. The van der Waals surface area contributed by atoms with Crippen LogP contribution in [0.2, 0.25) is 10.0 Å². The van der Waals surface area contributed by atoms with E-state index in [0.29, 0.717) is 58.5 Å². The molecular weight excluding hydrogens is 519 g/mol. The van der Waals surface area contributed by atoms with Gasteiger partial charge in [0.25, 0.3) is 5.91 Å². The van der Waals surface area contributed by atoms with Gasteiger partial charge < -0.3 is 19.0 Å². The fourth-order valence-electron chi connectivity index (χ4n) is 5.29. The average Bonchev–Trinajstić information content (AvgIpc) is 3.06. The minimum atomic E-state index is -0.982. The van der Waals surface area contributed by atoms with Crippen LogP contribution in [0.4, 0.5) is 10.5 Å². The molecule has 0 radical (unpaired) electrons. The van der Waals surface area contributed by atoms with Crippen LogP contribution in [0.1, 0.15) is 36.5 Å². The number of carbonyl (C=O) groups is 2. The van der Waals surface area contributed by atoms with E-state index in [4.69, 9.17) is 42.3 Å². The second-order valence-electron chi connectivity index (χ2n) is 9.01. The number of hydrogen-bond donors (Lipinski definition) is 0. The number of piperidine rings is 1. The molecule has 2 aliphatic heterocycles. The fourth-order valence-corrected chi connectivity index (χ4v) is 5.87. The molecule has 8 nitrogen and oxygen atoms in total. The highest BCUT2D eigenvalue weighted by Crippen LogP contribution is 2.50. The van der Waals surface area contributed by atoms with Crippen molar-refractivity contribution < 1.29 is 28.6 Å². The van der Waals surface area contributed by atoms with Gasteiger partial charge in [-0.1, -0.05) is 23.2 Å². The predicted octanol–water partition coefficient (Wildman–Crippen LogP) is 5.95. The van der Waals surface area contributed by atoms with Gasteiger partial charge in [-0.25, -0.2) is 4.79 Å². The molecule has 0 aliphatic carbocycles. The number of benzene rings is 2. The molecule has 0 N–H and O–H groups in total. The number of amides is 1. The average molecular weight is 549 g/mol. The van der Waals surface area contributed by atoms with Gasteiger partial charge in [-0.2, -0.15) is 5.06 Å². The van der Waals surface area contributed by atoms with E-state index in [1.165, 1.54) is 7.11 Å². The van der Waals surface area contributed by atoms with E-state index >= 15 is 0 Å². The summed E-state index contributed by atoms with van der Waals surface area (Å²) in [4.78, 5) is 34.3. The van der Waals surface area contributed by atoms with Crippen molar-refractivity contribution in [3.8, 4) is 5.75 Å². The highest BCUT2D eigenvalue weighted by Gasteiger charge is 2.56. The Bertz CT molecular complexity index is 1230. The first-order chi connectivity index (χ1) is 17.7. The highest BCUT2D eigenvalue weighted by molar-refractivity contribution is 6.34. The number of methoxy groups -OCH3 is 1. The smallest absolute Gasteiger partial charge is 0.495 e. The fraction of sp³-hybridized carbons (Fsp3) is 0.407. The van der Waals surface area contributed by atoms with Gasteiger partial charge >= 0.3 is 6.16 Å². The first-order valence-electron chi connectivity index (χ1n) is 12.0. The third kappa shape index (κ3) is 4.91. The lowest BCUT2D eigenvalue weighted by molar-refractivity contribution is -0.150. The van der Waals surface area contributed by atoms with Gasteiger partial charge in [0.05, 0.1) is 31.4 Å². The van der Waals surface area contributed by atoms with E-state index in [2.05, 4.69) is 0 Å². The van der Waals surface area contributed by atoms with Crippen molar-refractivity contribution in [1.82, 2.24) is 5.06 Å². The van der Waals surface area contributed by atoms with Crippen LogP contribution in [0.15, 0.2) is 36.1 Å². The molecule has 1 saturated heterocycles. The second-order valence-corrected chi connectivity index (χ2v) is 9.85. The Morgan fingerprint density at radius 2 is 1.70 bits per heavy atom. The maximum atomic E-state index is 14.4. The lowest BCUT2D eigenvalue weighted by Crippen LogP contribution is -2.55. The summed E-state index contributed by atoms with van der Waals surface area (Å²) in [6, 6.07) is 8.76. The van der Waals surface area contributed by atoms with Crippen LogP contribution in [-0.4, -0.2) is 56.6 Å². The molecule has 1 spiro atoms. The third-order valence-electron chi connectivity index (χ3n) is 6.89. The van der Waals surface area contributed by atoms with Gasteiger partial charge in [-0.05, 0) is 80.6 Å². The SMILES string of the molecule is CCOC(=O)OC1=C(c2c(C)cc(Cl)cc2C)C(=O)N(c2ccc(OC)c(Cl)c2)C12CCN(OC)CC2. The van der Waals surface area contributed by atoms with Gasteiger partial charge in [0.15, 0.2) is 5.76 Å². The van der Waals surface area contributed by atoms with Crippen molar-refractivity contribution in [2.45, 2.75) is 39.2 Å². The minimum absolute atomic E-state index is 0.136. The van der Waals surface area contributed by atoms with Crippen LogP contribution < -0.4 is 9.64 Å². The van der Waals surface area contributed by atoms with Crippen LogP contribution in [0.25, 0.3) is 5.57 Å². The highest BCUT2D eigenvalue weighted by atomic mass is 35.5. The maximum absolute atomic E-state index is 14.4. The van der Waals surface area contributed by atoms with E-state index in [1.54, 1.807) is 49.3 Å². The van der Waals surface area contributed by atoms with Crippen LogP contribution in [0.3, 0.4) is 0 Å². The quantitative estimate of drug-likeness (QED) is 0.413. The molecule has 0 unspecified atom stereocenters. The van der Waals surface area contributed by atoms with Gasteiger partial charge in [0, 0.05) is 23.8 Å². The summed E-state index contributed by atoms with van der Waals surface area (Å²) in [6.07, 6.45) is 0.0237. The molecule has 2 aliphatic rings. The van der Waals surface area contributed by atoms with E-state index in [0.717, 1.165) is 11.1 Å². The lowest BCUT2D eigenvalue weighted by atomic mass is 9.84. The predicted molar refractivity (Wildman–Crippen MR) is 142 cm³/mol. The van der Waals surface area contributed by atoms with Crippen LogP contribution >= 0.6 is 23.2 Å². The monoisotopic (exact) mass is 548 g/mol. The van der Waals surface area contributed by atoms with E-state index in [1.807, 2.05) is 18.9 Å². The first-order valence-corrected chi connectivity index (χ1v) is 12.8. The zero-order chi connectivity index (χ0) is 26.9. The molecule has 0 aromatic heterocycles. The summed E-state index contributed by atoms with van der Waals surface area (Å²) < 4.78 is 16.4. The lowest BCUT2D eigenvalue weighted by Gasteiger charge is -2.44. The number of hydroxylamine groups is 2. The second kappa shape index (κ2) is 10.9. The maximum Gasteiger partial charge on any atom is 0.513 e. The number of ether oxygens (including phenoxy) is 3. The third-order valence-corrected chi connectivity index (χ3v) is 7.40. The standard InChI is InChI=1S/C27H30Cl2N2O6/c1-6-36-26(33)37-24-23(22-16(2)13-18(28)14-17(22)3)25(32)31(19-7-8-21(34-4)20(29)15-19)27(24)9-11-30(35-5)12-10-27/h7-8,13-15H,6,9-12H2,1-5H3. The molecule has 198 valence electrons. The minimum Gasteiger partial charge on any atom is -0.495 e. The van der Waals surface area contributed by atoms with Gasteiger partial charge in [0.1, 0.15) is 11.3 Å². The number of nitrogens with zero attached hydrogens (tertiary/aromatic N) is 2. The molecular formula is C27H30Cl2N2O6. The van der Waals surface area contributed by atoms with Gasteiger partial charge in [-0.15, -0.1) is 0 Å². The molecule has 1 amide bonds. The van der Waals surface area contributed by atoms with Crippen molar-refractivity contribution in [3.05, 3.63) is 62.8 Å². The van der Waals surface area contributed by atoms with Crippen molar-refractivity contribution in [1.29, 1.82) is 0 Å².